The highest BCUT2D eigenvalue weighted by Crippen LogP contribution is 2.16. The van der Waals surface area contributed by atoms with Gasteiger partial charge in [-0.3, -0.25) is 4.79 Å². The van der Waals surface area contributed by atoms with Crippen LogP contribution in [0.3, 0.4) is 0 Å². The maximum absolute atomic E-state index is 12.6. The third kappa shape index (κ3) is 4.87. The first-order valence-electron chi connectivity index (χ1n) is 8.81. The zero-order valence-corrected chi connectivity index (χ0v) is 14.4. The topological polar surface area (TPSA) is 86.3 Å². The van der Waals surface area contributed by atoms with Gasteiger partial charge in [-0.15, -0.1) is 5.10 Å². The molecule has 7 nitrogen and oxygen atoms in total. The van der Waals surface area contributed by atoms with Gasteiger partial charge < -0.3 is 15.4 Å². The van der Waals surface area contributed by atoms with E-state index in [4.69, 9.17) is 10.5 Å². The second kappa shape index (κ2) is 8.73. The molecule has 25 heavy (non-hydrogen) atoms. The van der Waals surface area contributed by atoms with Crippen molar-refractivity contribution in [2.45, 2.75) is 31.9 Å². The minimum absolute atomic E-state index is 0.0558. The van der Waals surface area contributed by atoms with Crippen molar-refractivity contribution < 1.29 is 9.53 Å². The summed E-state index contributed by atoms with van der Waals surface area (Å²) in [5.41, 5.74) is 7.00. The first-order chi connectivity index (χ1) is 12.3. The summed E-state index contributed by atoms with van der Waals surface area (Å²) in [6, 6.07) is 10.00. The number of aromatic nitrogens is 3. The Bertz CT molecular complexity index is 665. The monoisotopic (exact) mass is 343 g/mol. The van der Waals surface area contributed by atoms with E-state index in [9.17, 15) is 4.79 Å². The largest absolute Gasteiger partial charge is 0.378 e. The van der Waals surface area contributed by atoms with Crippen LogP contribution in [0.5, 0.6) is 0 Å². The Morgan fingerprint density at radius 1 is 1.24 bits per heavy atom. The van der Waals surface area contributed by atoms with Crippen LogP contribution in [0.1, 0.15) is 35.3 Å². The van der Waals surface area contributed by atoms with E-state index in [1.807, 2.05) is 35.2 Å². The molecule has 0 aliphatic carbocycles. The van der Waals surface area contributed by atoms with Crippen LogP contribution in [0, 0.1) is 0 Å². The number of nitrogens with zero attached hydrogens (tertiary/aromatic N) is 4. The van der Waals surface area contributed by atoms with Crippen molar-refractivity contribution in [2.75, 3.05) is 26.2 Å². The van der Waals surface area contributed by atoms with Crippen molar-refractivity contribution in [3.8, 4) is 0 Å². The highest BCUT2D eigenvalue weighted by molar-refractivity contribution is 5.92. The van der Waals surface area contributed by atoms with Crippen LogP contribution >= 0.6 is 0 Å². The van der Waals surface area contributed by atoms with Gasteiger partial charge in [-0.05, 0) is 31.4 Å². The Balaban J connectivity index is 1.50. The van der Waals surface area contributed by atoms with Crippen molar-refractivity contribution in [2.24, 2.45) is 5.73 Å². The lowest BCUT2D eigenvalue weighted by molar-refractivity contribution is 0.00829. The van der Waals surface area contributed by atoms with Crippen LogP contribution < -0.4 is 5.73 Å². The fraction of sp³-hybridized carbons (Fsp3) is 0.500. The van der Waals surface area contributed by atoms with Crippen molar-refractivity contribution in [3.63, 3.8) is 0 Å². The molecule has 134 valence electrons. The molecule has 0 bridgehead atoms. The number of piperidine rings is 1. The second-order valence-electron chi connectivity index (χ2n) is 6.29. The smallest absolute Gasteiger partial charge is 0.276 e. The Hall–Kier alpha value is -2.25. The van der Waals surface area contributed by atoms with Crippen LogP contribution in [0.25, 0.3) is 0 Å². The fourth-order valence-electron chi connectivity index (χ4n) is 2.97. The number of carbonyl (C=O) groups excluding carboxylic acids is 1. The number of hydrogen-bond acceptors (Lipinski definition) is 5. The SMILES string of the molecule is NCCCOC1CCN(C(=O)c2cn(Cc3ccccc3)nn2)CC1. The van der Waals surface area contributed by atoms with Gasteiger partial charge in [0.05, 0.1) is 18.8 Å². The predicted molar refractivity (Wildman–Crippen MR) is 94.1 cm³/mol. The van der Waals surface area contributed by atoms with Gasteiger partial charge >= 0.3 is 0 Å². The van der Waals surface area contributed by atoms with Gasteiger partial charge in [0.15, 0.2) is 5.69 Å². The summed E-state index contributed by atoms with van der Waals surface area (Å²) in [6.45, 7) is 3.34. The third-order valence-electron chi connectivity index (χ3n) is 4.38. The first kappa shape index (κ1) is 17.6. The summed E-state index contributed by atoms with van der Waals surface area (Å²) in [5, 5.41) is 8.12. The highest BCUT2D eigenvalue weighted by Gasteiger charge is 2.25. The number of ether oxygens (including phenoxy) is 1. The number of rotatable bonds is 7. The summed E-state index contributed by atoms with van der Waals surface area (Å²) >= 11 is 0. The molecule has 0 atom stereocenters. The zero-order chi connectivity index (χ0) is 17.5. The van der Waals surface area contributed by atoms with E-state index in [-0.39, 0.29) is 12.0 Å². The average Bonchev–Trinajstić information content (AvgIpc) is 3.11. The molecule has 1 amide bonds. The molecule has 1 aliphatic rings. The van der Waals surface area contributed by atoms with E-state index in [0.29, 0.717) is 38.5 Å². The molecule has 1 fully saturated rings. The van der Waals surface area contributed by atoms with Crippen LogP contribution in [0.4, 0.5) is 0 Å². The molecule has 1 aliphatic heterocycles. The van der Waals surface area contributed by atoms with Crippen molar-refractivity contribution >= 4 is 5.91 Å². The van der Waals surface area contributed by atoms with Gasteiger partial charge in [-0.1, -0.05) is 35.5 Å². The van der Waals surface area contributed by atoms with Gasteiger partial charge in [0, 0.05) is 19.7 Å². The number of likely N-dealkylation sites (tertiary alicyclic amines) is 1. The number of carbonyl (C=O) groups is 1. The molecule has 0 saturated carbocycles. The lowest BCUT2D eigenvalue weighted by Gasteiger charge is -2.31. The van der Waals surface area contributed by atoms with E-state index in [0.717, 1.165) is 24.8 Å². The second-order valence-corrected chi connectivity index (χ2v) is 6.29. The van der Waals surface area contributed by atoms with Gasteiger partial charge in [0.2, 0.25) is 0 Å². The molecule has 1 aromatic carbocycles. The van der Waals surface area contributed by atoms with Crippen molar-refractivity contribution in [1.82, 2.24) is 19.9 Å². The average molecular weight is 343 g/mol. The Morgan fingerprint density at radius 3 is 2.72 bits per heavy atom. The summed E-state index contributed by atoms with van der Waals surface area (Å²) in [6.07, 6.45) is 4.54. The van der Waals surface area contributed by atoms with Crippen LogP contribution in [-0.4, -0.2) is 58.1 Å². The summed E-state index contributed by atoms with van der Waals surface area (Å²) in [4.78, 5) is 14.4. The molecular weight excluding hydrogens is 318 g/mol. The molecule has 2 heterocycles. The Kier molecular flexibility index (Phi) is 6.14. The van der Waals surface area contributed by atoms with Crippen LogP contribution in [0.15, 0.2) is 36.5 Å². The molecule has 1 saturated heterocycles. The minimum atomic E-state index is -0.0558. The maximum atomic E-state index is 12.6. The number of nitrogens with two attached hydrogens (primary N) is 1. The van der Waals surface area contributed by atoms with Crippen molar-refractivity contribution in [3.05, 3.63) is 47.8 Å². The maximum Gasteiger partial charge on any atom is 0.276 e. The van der Waals surface area contributed by atoms with E-state index < -0.39 is 0 Å². The predicted octanol–water partition coefficient (Wildman–Crippen LogP) is 1.30. The number of amides is 1. The van der Waals surface area contributed by atoms with E-state index in [1.165, 1.54) is 0 Å². The standard InChI is InChI=1S/C18H25N5O2/c19-9-4-12-25-16-7-10-22(11-8-16)18(24)17-14-23(21-20-17)13-15-5-2-1-3-6-15/h1-3,5-6,14,16H,4,7-13,19H2. The first-order valence-corrected chi connectivity index (χ1v) is 8.81. The van der Waals surface area contributed by atoms with Crippen molar-refractivity contribution in [1.29, 1.82) is 0 Å². The molecule has 2 aromatic rings. The van der Waals surface area contributed by atoms with E-state index >= 15 is 0 Å². The normalized spacial score (nSPS) is 15.5. The number of benzene rings is 1. The molecule has 3 rings (SSSR count). The molecule has 7 heteroatoms. The Labute approximate surface area is 147 Å². The van der Waals surface area contributed by atoms with Crippen LogP contribution in [0.2, 0.25) is 0 Å². The van der Waals surface area contributed by atoms with Gasteiger partial charge in [-0.2, -0.15) is 0 Å². The van der Waals surface area contributed by atoms with Crippen LogP contribution in [-0.2, 0) is 11.3 Å². The zero-order valence-electron chi connectivity index (χ0n) is 14.4. The molecule has 0 radical (unpaired) electrons. The van der Waals surface area contributed by atoms with Gasteiger partial charge in [0.25, 0.3) is 5.91 Å². The fourth-order valence-corrected chi connectivity index (χ4v) is 2.97. The van der Waals surface area contributed by atoms with Gasteiger partial charge in [0.1, 0.15) is 0 Å². The summed E-state index contributed by atoms with van der Waals surface area (Å²) in [5.74, 6) is -0.0558. The molecular formula is C18H25N5O2. The van der Waals surface area contributed by atoms with E-state index in [2.05, 4.69) is 10.3 Å². The third-order valence-corrected chi connectivity index (χ3v) is 4.38. The molecule has 0 spiro atoms. The van der Waals surface area contributed by atoms with E-state index in [1.54, 1.807) is 10.9 Å². The molecule has 2 N–H and O–H groups in total. The summed E-state index contributed by atoms with van der Waals surface area (Å²) < 4.78 is 7.48. The highest BCUT2D eigenvalue weighted by atomic mass is 16.5. The quantitative estimate of drug-likeness (QED) is 0.766. The minimum Gasteiger partial charge on any atom is -0.378 e. The van der Waals surface area contributed by atoms with Gasteiger partial charge in [-0.25, -0.2) is 4.68 Å². The molecule has 1 aromatic heterocycles. The number of hydrogen-bond donors (Lipinski definition) is 1. The molecule has 0 unspecified atom stereocenters. The summed E-state index contributed by atoms with van der Waals surface area (Å²) in [7, 11) is 0. The lowest BCUT2D eigenvalue weighted by Crippen LogP contribution is -2.41. The lowest BCUT2D eigenvalue weighted by atomic mass is 10.1. The Morgan fingerprint density at radius 2 is 2.00 bits per heavy atom.